The predicted molar refractivity (Wildman–Crippen MR) is 85.6 cm³/mol. The van der Waals surface area contributed by atoms with Crippen LogP contribution in [0, 0.1) is 0 Å². The van der Waals surface area contributed by atoms with Crippen LogP contribution in [0.1, 0.15) is 6.92 Å². The Labute approximate surface area is 130 Å². The molecule has 0 saturated carbocycles. The van der Waals surface area contributed by atoms with Crippen LogP contribution in [0.5, 0.6) is 0 Å². The molecule has 0 atom stereocenters. The molecule has 108 valence electrons. The molecule has 3 rings (SSSR count). The predicted octanol–water partition coefficient (Wildman–Crippen LogP) is 3.84. The van der Waals surface area contributed by atoms with E-state index in [1.807, 2.05) is 6.92 Å². The molecule has 0 fully saturated rings. The highest BCUT2D eigenvalue weighted by atomic mass is 35.5. The van der Waals surface area contributed by atoms with Gasteiger partial charge in [-0.15, -0.1) is 0 Å². The van der Waals surface area contributed by atoms with E-state index in [9.17, 15) is 0 Å². The minimum absolute atomic E-state index is 0.500. The Hall–Kier alpha value is -2.05. The van der Waals surface area contributed by atoms with E-state index in [4.69, 9.17) is 23.2 Å². The van der Waals surface area contributed by atoms with Crippen LogP contribution in [0.15, 0.2) is 24.4 Å². The number of halogens is 2. The number of nitrogens with one attached hydrogen (secondary N) is 3. The first-order chi connectivity index (χ1) is 10.2. The van der Waals surface area contributed by atoms with E-state index in [1.165, 1.54) is 0 Å². The summed E-state index contributed by atoms with van der Waals surface area (Å²) < 4.78 is 0. The Morgan fingerprint density at radius 2 is 1.95 bits per heavy atom. The largest absolute Gasteiger partial charge is 0.354 e. The maximum atomic E-state index is 6.18. The van der Waals surface area contributed by atoms with Gasteiger partial charge in [0.15, 0.2) is 5.65 Å². The van der Waals surface area contributed by atoms with Gasteiger partial charge < -0.3 is 10.6 Å². The number of nitrogens with zero attached hydrogens (tertiary/aromatic N) is 3. The van der Waals surface area contributed by atoms with Crippen molar-refractivity contribution >= 4 is 51.7 Å². The molecule has 2 heterocycles. The molecule has 0 aliphatic rings. The number of hydrogen-bond acceptors (Lipinski definition) is 5. The van der Waals surface area contributed by atoms with Gasteiger partial charge in [-0.2, -0.15) is 15.1 Å². The summed E-state index contributed by atoms with van der Waals surface area (Å²) in [5.74, 6) is 1.08. The third-order valence-corrected chi connectivity index (χ3v) is 3.48. The van der Waals surface area contributed by atoms with Crippen molar-refractivity contribution in [2.24, 2.45) is 0 Å². The topological polar surface area (TPSA) is 78.5 Å². The quantitative estimate of drug-likeness (QED) is 0.680. The van der Waals surface area contributed by atoms with Crippen LogP contribution in [-0.2, 0) is 0 Å². The summed E-state index contributed by atoms with van der Waals surface area (Å²) in [5.41, 5.74) is 1.23. The van der Waals surface area contributed by atoms with Crippen LogP contribution in [0.3, 0.4) is 0 Å². The summed E-state index contributed by atoms with van der Waals surface area (Å²) >= 11 is 12.4. The molecule has 3 aromatic rings. The van der Waals surface area contributed by atoms with Crippen molar-refractivity contribution < 1.29 is 0 Å². The smallest absolute Gasteiger partial charge is 0.226 e. The number of hydrogen-bond donors (Lipinski definition) is 3. The SMILES string of the molecule is CCNc1nc(Nc2c(Cl)cccc2Cl)c2cn[nH]c2n1. The Balaban J connectivity index is 2.09. The summed E-state index contributed by atoms with van der Waals surface area (Å²) in [5, 5.41) is 14.8. The summed E-state index contributed by atoms with van der Waals surface area (Å²) in [4.78, 5) is 8.76. The number of aromatic nitrogens is 4. The van der Waals surface area contributed by atoms with Crippen molar-refractivity contribution in [2.45, 2.75) is 6.92 Å². The number of H-pyrrole nitrogens is 1. The monoisotopic (exact) mass is 322 g/mol. The van der Waals surface area contributed by atoms with Crippen LogP contribution in [0.25, 0.3) is 11.0 Å². The first kappa shape index (κ1) is 13.9. The first-order valence-corrected chi connectivity index (χ1v) is 7.10. The molecular formula is C13H12Cl2N6. The van der Waals surface area contributed by atoms with Gasteiger partial charge in [0.25, 0.3) is 0 Å². The molecule has 0 saturated heterocycles. The Morgan fingerprint density at radius 3 is 2.67 bits per heavy atom. The number of fused-ring (bicyclic) bond motifs is 1. The third-order valence-electron chi connectivity index (χ3n) is 2.85. The zero-order valence-corrected chi connectivity index (χ0v) is 12.6. The molecule has 3 N–H and O–H groups in total. The first-order valence-electron chi connectivity index (χ1n) is 6.35. The molecule has 0 bridgehead atoms. The maximum absolute atomic E-state index is 6.18. The molecule has 6 nitrogen and oxygen atoms in total. The second-order valence-corrected chi connectivity index (χ2v) is 5.09. The number of aromatic amines is 1. The van der Waals surface area contributed by atoms with Gasteiger partial charge >= 0.3 is 0 Å². The molecule has 0 aliphatic heterocycles. The van der Waals surface area contributed by atoms with Crippen molar-refractivity contribution in [1.29, 1.82) is 0 Å². The van der Waals surface area contributed by atoms with Crippen molar-refractivity contribution in [3.05, 3.63) is 34.4 Å². The number of benzene rings is 1. The number of anilines is 3. The highest BCUT2D eigenvalue weighted by molar-refractivity contribution is 6.39. The van der Waals surface area contributed by atoms with E-state index < -0.39 is 0 Å². The van der Waals surface area contributed by atoms with Gasteiger partial charge in [0.1, 0.15) is 5.82 Å². The zero-order valence-electron chi connectivity index (χ0n) is 11.1. The molecule has 8 heteroatoms. The van der Waals surface area contributed by atoms with Crippen LogP contribution in [0.4, 0.5) is 17.5 Å². The Kier molecular flexibility index (Phi) is 3.81. The highest BCUT2D eigenvalue weighted by Crippen LogP contribution is 2.33. The normalized spacial score (nSPS) is 10.8. The van der Waals surface area contributed by atoms with Crippen molar-refractivity contribution in [1.82, 2.24) is 20.2 Å². The lowest BCUT2D eigenvalue weighted by atomic mass is 10.3. The fourth-order valence-electron chi connectivity index (χ4n) is 1.90. The standard InChI is InChI=1S/C13H12Cl2N6/c1-2-16-13-19-11(7-6-17-21-12(7)20-13)18-10-8(14)4-3-5-9(10)15/h3-6H,2H2,1H3,(H3,16,17,18,19,20,21). The van der Waals surface area contributed by atoms with Gasteiger partial charge in [-0.3, -0.25) is 5.10 Å². The highest BCUT2D eigenvalue weighted by Gasteiger charge is 2.12. The molecule has 21 heavy (non-hydrogen) atoms. The van der Waals surface area contributed by atoms with Gasteiger partial charge in [0.05, 0.1) is 27.3 Å². The number of rotatable bonds is 4. The second kappa shape index (κ2) is 5.75. The van der Waals surface area contributed by atoms with E-state index in [-0.39, 0.29) is 0 Å². The molecule has 2 aromatic heterocycles. The van der Waals surface area contributed by atoms with E-state index in [1.54, 1.807) is 24.4 Å². The van der Waals surface area contributed by atoms with Crippen molar-refractivity contribution in [2.75, 3.05) is 17.2 Å². The fourth-order valence-corrected chi connectivity index (χ4v) is 2.39. The van der Waals surface area contributed by atoms with E-state index in [2.05, 4.69) is 30.8 Å². The Morgan fingerprint density at radius 1 is 1.19 bits per heavy atom. The maximum Gasteiger partial charge on any atom is 0.226 e. The molecule has 0 spiro atoms. The van der Waals surface area contributed by atoms with Crippen LogP contribution in [-0.4, -0.2) is 26.7 Å². The average Bonchev–Trinajstić information content (AvgIpc) is 2.92. The minimum Gasteiger partial charge on any atom is -0.354 e. The van der Waals surface area contributed by atoms with E-state index in [0.29, 0.717) is 39.7 Å². The van der Waals surface area contributed by atoms with Gasteiger partial charge in [0, 0.05) is 6.54 Å². The summed E-state index contributed by atoms with van der Waals surface area (Å²) in [6, 6.07) is 5.30. The zero-order chi connectivity index (χ0) is 14.8. The van der Waals surface area contributed by atoms with Crippen molar-refractivity contribution in [3.63, 3.8) is 0 Å². The fraction of sp³-hybridized carbons (Fsp3) is 0.154. The second-order valence-electron chi connectivity index (χ2n) is 4.28. The van der Waals surface area contributed by atoms with Crippen LogP contribution >= 0.6 is 23.2 Å². The third kappa shape index (κ3) is 2.72. The molecular weight excluding hydrogens is 311 g/mol. The Bertz CT molecular complexity index is 765. The summed E-state index contributed by atoms with van der Waals surface area (Å²) in [6.07, 6.45) is 1.65. The van der Waals surface area contributed by atoms with Crippen LogP contribution < -0.4 is 10.6 Å². The molecule has 0 amide bonds. The lowest BCUT2D eigenvalue weighted by Crippen LogP contribution is -2.05. The summed E-state index contributed by atoms with van der Waals surface area (Å²) in [7, 11) is 0. The molecule has 1 aromatic carbocycles. The lowest BCUT2D eigenvalue weighted by Gasteiger charge is -2.11. The van der Waals surface area contributed by atoms with Crippen LogP contribution in [0.2, 0.25) is 10.0 Å². The summed E-state index contributed by atoms with van der Waals surface area (Å²) in [6.45, 7) is 2.69. The van der Waals surface area contributed by atoms with Gasteiger partial charge in [0.2, 0.25) is 5.95 Å². The molecule has 0 radical (unpaired) electrons. The molecule has 0 aliphatic carbocycles. The number of para-hydroxylation sites is 1. The van der Waals surface area contributed by atoms with Gasteiger partial charge in [-0.25, -0.2) is 0 Å². The van der Waals surface area contributed by atoms with Gasteiger partial charge in [-0.1, -0.05) is 29.3 Å². The molecule has 0 unspecified atom stereocenters. The lowest BCUT2D eigenvalue weighted by molar-refractivity contribution is 1.07. The van der Waals surface area contributed by atoms with E-state index in [0.717, 1.165) is 5.39 Å². The van der Waals surface area contributed by atoms with Crippen molar-refractivity contribution in [3.8, 4) is 0 Å². The minimum atomic E-state index is 0.500. The average molecular weight is 323 g/mol. The van der Waals surface area contributed by atoms with Gasteiger partial charge in [-0.05, 0) is 19.1 Å². The van der Waals surface area contributed by atoms with E-state index >= 15 is 0 Å².